The van der Waals surface area contributed by atoms with Crippen LogP contribution in [-0.2, 0) is 0 Å². The normalized spacial score (nSPS) is 19.8. The second kappa shape index (κ2) is 7.18. The third kappa shape index (κ3) is 3.61. The first-order valence-corrected chi connectivity index (χ1v) is 9.44. The molecule has 1 aromatic heterocycles. The van der Waals surface area contributed by atoms with Gasteiger partial charge in [-0.1, -0.05) is 11.3 Å². The smallest absolute Gasteiger partial charge is 0.341 e. The number of benzene rings is 1. The van der Waals surface area contributed by atoms with E-state index in [1.54, 1.807) is 11.1 Å². The molecule has 0 spiro atoms. The molecule has 1 fully saturated rings. The predicted molar refractivity (Wildman–Crippen MR) is 97.9 cm³/mol. The molecule has 0 unspecified atom stereocenters. The Hall–Kier alpha value is -2.62. The number of carbonyl (C=O) groups excluding carboxylic acids is 1. The maximum atomic E-state index is 13.6. The SMILES string of the molecule is Cc1nnc(N2CCN(C(=O)N3N=CC[C@H]3c3cc(F)cc(F)c3)CC2)s1. The monoisotopic (exact) mass is 392 g/mol. The van der Waals surface area contributed by atoms with Crippen molar-refractivity contribution in [1.82, 2.24) is 20.1 Å². The second-order valence-corrected chi connectivity index (χ2v) is 7.62. The number of nitrogens with zero attached hydrogens (tertiary/aromatic N) is 6. The number of urea groups is 1. The highest BCUT2D eigenvalue weighted by molar-refractivity contribution is 7.15. The number of piperazine rings is 1. The van der Waals surface area contributed by atoms with E-state index in [9.17, 15) is 13.6 Å². The largest absolute Gasteiger partial charge is 0.343 e. The Bertz CT molecular complexity index is 860. The average molecular weight is 392 g/mol. The Morgan fingerprint density at radius 2 is 1.81 bits per heavy atom. The third-order valence-corrected chi connectivity index (χ3v) is 5.53. The highest BCUT2D eigenvalue weighted by Crippen LogP contribution is 2.30. The van der Waals surface area contributed by atoms with Crippen molar-refractivity contribution in [1.29, 1.82) is 0 Å². The number of carbonyl (C=O) groups is 1. The summed E-state index contributed by atoms with van der Waals surface area (Å²) in [5.74, 6) is -1.32. The van der Waals surface area contributed by atoms with Gasteiger partial charge in [0.25, 0.3) is 0 Å². The summed E-state index contributed by atoms with van der Waals surface area (Å²) in [4.78, 5) is 16.7. The van der Waals surface area contributed by atoms with Crippen LogP contribution in [0.5, 0.6) is 0 Å². The minimum absolute atomic E-state index is 0.258. The van der Waals surface area contributed by atoms with Crippen LogP contribution in [0.1, 0.15) is 23.0 Å². The van der Waals surface area contributed by atoms with Crippen molar-refractivity contribution in [3.8, 4) is 0 Å². The van der Waals surface area contributed by atoms with Crippen molar-refractivity contribution in [2.24, 2.45) is 5.10 Å². The van der Waals surface area contributed by atoms with Gasteiger partial charge < -0.3 is 9.80 Å². The summed E-state index contributed by atoms with van der Waals surface area (Å²) in [5.41, 5.74) is 0.404. The van der Waals surface area contributed by atoms with Crippen molar-refractivity contribution in [3.05, 3.63) is 40.4 Å². The molecule has 0 N–H and O–H groups in total. The van der Waals surface area contributed by atoms with E-state index >= 15 is 0 Å². The summed E-state index contributed by atoms with van der Waals surface area (Å²) in [6, 6.07) is 2.56. The van der Waals surface area contributed by atoms with Crippen molar-refractivity contribution < 1.29 is 13.6 Å². The number of hydrogen-bond acceptors (Lipinski definition) is 6. The lowest BCUT2D eigenvalue weighted by molar-refractivity contribution is 0.139. The topological polar surface area (TPSA) is 64.9 Å². The first-order chi connectivity index (χ1) is 13.0. The molecule has 2 aliphatic rings. The minimum atomic E-state index is -0.662. The van der Waals surface area contributed by atoms with Crippen molar-refractivity contribution >= 4 is 28.7 Å². The van der Waals surface area contributed by atoms with Crippen LogP contribution in [0.4, 0.5) is 18.7 Å². The van der Waals surface area contributed by atoms with Crippen molar-refractivity contribution in [3.63, 3.8) is 0 Å². The van der Waals surface area contributed by atoms with Crippen LogP contribution >= 0.6 is 11.3 Å². The molecule has 0 bridgehead atoms. The number of hydrazone groups is 1. The van der Waals surface area contributed by atoms with Gasteiger partial charge in [0.05, 0.1) is 6.04 Å². The molecule has 7 nitrogen and oxygen atoms in total. The van der Waals surface area contributed by atoms with Gasteiger partial charge in [-0.05, 0) is 24.6 Å². The minimum Gasteiger partial charge on any atom is -0.343 e. The molecule has 142 valence electrons. The molecular formula is C17H18F2N6OS. The standard InChI is InChI=1S/C17H18F2N6OS/c1-11-21-22-16(27-11)23-4-6-24(7-5-23)17(26)25-15(2-3-20-25)12-8-13(18)10-14(19)9-12/h3,8-10,15H,2,4-7H2,1H3/t15-/m0/s1. The highest BCUT2D eigenvalue weighted by atomic mass is 32.1. The van der Waals surface area contributed by atoms with Crippen LogP contribution in [0.15, 0.2) is 23.3 Å². The van der Waals surface area contributed by atoms with E-state index < -0.39 is 17.7 Å². The van der Waals surface area contributed by atoms with Gasteiger partial charge in [-0.3, -0.25) is 0 Å². The number of halogens is 2. The molecular weight excluding hydrogens is 374 g/mol. The van der Waals surface area contributed by atoms with Crippen LogP contribution in [0.25, 0.3) is 0 Å². The summed E-state index contributed by atoms with van der Waals surface area (Å²) in [6.45, 7) is 4.25. The van der Waals surface area contributed by atoms with E-state index in [0.29, 0.717) is 38.2 Å². The molecule has 2 aliphatic heterocycles. The van der Waals surface area contributed by atoms with E-state index in [0.717, 1.165) is 16.2 Å². The Balaban J connectivity index is 1.44. The number of anilines is 1. The van der Waals surface area contributed by atoms with Gasteiger partial charge in [0.15, 0.2) is 0 Å². The quantitative estimate of drug-likeness (QED) is 0.788. The maximum Gasteiger partial charge on any atom is 0.341 e. The van der Waals surface area contributed by atoms with Gasteiger partial charge in [0.1, 0.15) is 16.6 Å². The van der Waals surface area contributed by atoms with E-state index in [1.807, 2.05) is 6.92 Å². The first kappa shape index (κ1) is 17.8. The van der Waals surface area contributed by atoms with Crippen LogP contribution in [0.3, 0.4) is 0 Å². The molecule has 4 rings (SSSR count). The van der Waals surface area contributed by atoms with Crippen molar-refractivity contribution in [2.75, 3.05) is 31.1 Å². The lowest BCUT2D eigenvalue weighted by Crippen LogP contribution is -2.52. The summed E-state index contributed by atoms with van der Waals surface area (Å²) in [6.07, 6.45) is 2.03. The van der Waals surface area contributed by atoms with Gasteiger partial charge in [-0.25, -0.2) is 18.6 Å². The predicted octanol–water partition coefficient (Wildman–Crippen LogP) is 2.80. The molecule has 3 heterocycles. The van der Waals surface area contributed by atoms with Gasteiger partial charge >= 0.3 is 6.03 Å². The molecule has 0 saturated carbocycles. The zero-order valence-corrected chi connectivity index (χ0v) is 15.5. The number of rotatable bonds is 2. The first-order valence-electron chi connectivity index (χ1n) is 8.63. The van der Waals surface area contributed by atoms with Gasteiger partial charge in [-0.2, -0.15) is 5.10 Å². The molecule has 2 aromatic rings. The van der Waals surface area contributed by atoms with E-state index in [4.69, 9.17) is 0 Å². The molecule has 2 amide bonds. The molecule has 0 radical (unpaired) electrons. The zero-order chi connectivity index (χ0) is 19.0. The number of amides is 2. The Kier molecular flexibility index (Phi) is 4.73. The van der Waals surface area contributed by atoms with E-state index in [-0.39, 0.29) is 6.03 Å². The van der Waals surface area contributed by atoms with Crippen molar-refractivity contribution in [2.45, 2.75) is 19.4 Å². The highest BCUT2D eigenvalue weighted by Gasteiger charge is 2.33. The number of aromatic nitrogens is 2. The summed E-state index contributed by atoms with van der Waals surface area (Å²) < 4.78 is 27.1. The lowest BCUT2D eigenvalue weighted by atomic mass is 10.0. The number of hydrogen-bond donors (Lipinski definition) is 0. The van der Waals surface area contributed by atoms with E-state index in [1.165, 1.54) is 28.5 Å². The van der Waals surface area contributed by atoms with Crippen LogP contribution < -0.4 is 4.90 Å². The molecule has 1 atom stereocenters. The second-order valence-electron chi connectivity index (χ2n) is 6.46. The fourth-order valence-electron chi connectivity index (χ4n) is 3.29. The summed E-state index contributed by atoms with van der Waals surface area (Å²) >= 11 is 1.52. The fourth-order valence-corrected chi connectivity index (χ4v) is 4.03. The maximum absolute atomic E-state index is 13.6. The van der Waals surface area contributed by atoms with Gasteiger partial charge in [0.2, 0.25) is 5.13 Å². The van der Waals surface area contributed by atoms with Crippen LogP contribution in [0, 0.1) is 18.6 Å². The zero-order valence-electron chi connectivity index (χ0n) is 14.7. The van der Waals surface area contributed by atoms with Gasteiger partial charge in [-0.15, -0.1) is 10.2 Å². The molecule has 1 aromatic carbocycles. The molecule has 10 heteroatoms. The Morgan fingerprint density at radius 3 is 2.44 bits per heavy atom. The summed E-state index contributed by atoms with van der Waals surface area (Å²) in [5, 5.41) is 15.4. The average Bonchev–Trinajstić information content (AvgIpc) is 3.29. The molecule has 1 saturated heterocycles. The van der Waals surface area contributed by atoms with E-state index in [2.05, 4.69) is 20.2 Å². The third-order valence-electron chi connectivity index (χ3n) is 4.63. The van der Waals surface area contributed by atoms with Crippen LogP contribution in [-0.4, -0.2) is 58.5 Å². The van der Waals surface area contributed by atoms with Gasteiger partial charge in [0, 0.05) is 44.9 Å². The molecule has 0 aliphatic carbocycles. The summed E-state index contributed by atoms with van der Waals surface area (Å²) in [7, 11) is 0. The Morgan fingerprint density at radius 1 is 1.11 bits per heavy atom. The number of aryl methyl sites for hydroxylation is 1. The Labute approximate surface area is 158 Å². The lowest BCUT2D eigenvalue weighted by Gasteiger charge is -2.36. The fraction of sp³-hybridized carbons (Fsp3) is 0.412. The van der Waals surface area contributed by atoms with Crippen LogP contribution in [0.2, 0.25) is 0 Å². The molecule has 27 heavy (non-hydrogen) atoms.